The molecule has 4 rings (SSSR count). The predicted octanol–water partition coefficient (Wildman–Crippen LogP) is 4.39. The van der Waals surface area contributed by atoms with Gasteiger partial charge in [-0.1, -0.05) is 30.3 Å². The summed E-state index contributed by atoms with van der Waals surface area (Å²) in [6.45, 7) is 4.02. The van der Waals surface area contributed by atoms with Crippen molar-refractivity contribution in [2.24, 2.45) is 5.92 Å². The molecule has 2 aromatic carbocycles. The van der Waals surface area contributed by atoms with Gasteiger partial charge in [-0.2, -0.15) is 0 Å². The molecule has 0 saturated heterocycles. The van der Waals surface area contributed by atoms with Gasteiger partial charge in [0, 0.05) is 23.9 Å². The van der Waals surface area contributed by atoms with E-state index < -0.39 is 0 Å². The van der Waals surface area contributed by atoms with Crippen LogP contribution in [0.4, 0.5) is 11.4 Å². The van der Waals surface area contributed by atoms with E-state index in [9.17, 15) is 4.79 Å². The van der Waals surface area contributed by atoms with Crippen molar-refractivity contribution in [3.63, 3.8) is 0 Å². The summed E-state index contributed by atoms with van der Waals surface area (Å²) < 4.78 is 0. The minimum Gasteiger partial charge on any atom is -0.397 e. The molecule has 5 heteroatoms. The number of hydrogen-bond acceptors (Lipinski definition) is 4. The number of amides is 1. The summed E-state index contributed by atoms with van der Waals surface area (Å²) in [5.41, 5.74) is 11.9. The van der Waals surface area contributed by atoms with Crippen LogP contribution < -0.4 is 16.4 Å². The number of anilines is 2. The van der Waals surface area contributed by atoms with Crippen molar-refractivity contribution in [1.29, 1.82) is 0 Å². The maximum absolute atomic E-state index is 12.5. The molecule has 4 N–H and O–H groups in total. The van der Waals surface area contributed by atoms with Crippen LogP contribution in [0.15, 0.2) is 60.8 Å². The number of nitrogens with two attached hydrogens (primary N) is 1. The van der Waals surface area contributed by atoms with E-state index in [1.54, 1.807) is 12.1 Å². The summed E-state index contributed by atoms with van der Waals surface area (Å²) in [5, 5.41) is 6.35. The zero-order valence-electron chi connectivity index (χ0n) is 16.6. The summed E-state index contributed by atoms with van der Waals surface area (Å²) in [5.74, 6) is 0.689. The highest BCUT2D eigenvalue weighted by molar-refractivity contribution is 6.05. The number of rotatable bonds is 7. The molecule has 148 valence electrons. The highest BCUT2D eigenvalue weighted by atomic mass is 16.1. The summed E-state index contributed by atoms with van der Waals surface area (Å²) in [6.07, 6.45) is 4.65. The topological polar surface area (TPSA) is 80.0 Å². The summed E-state index contributed by atoms with van der Waals surface area (Å²) in [6, 6.07) is 16.9. The summed E-state index contributed by atoms with van der Waals surface area (Å²) in [4.78, 5) is 17.1. The third-order valence-corrected chi connectivity index (χ3v) is 5.22. The number of pyridine rings is 1. The van der Waals surface area contributed by atoms with Gasteiger partial charge in [0.1, 0.15) is 0 Å². The predicted molar refractivity (Wildman–Crippen MR) is 118 cm³/mol. The highest BCUT2D eigenvalue weighted by Crippen LogP contribution is 2.28. The fraction of sp³-hybridized carbons (Fsp3) is 0.250. The van der Waals surface area contributed by atoms with Gasteiger partial charge in [-0.05, 0) is 67.6 Å². The maximum Gasteiger partial charge on any atom is 0.255 e. The number of nitrogens with one attached hydrogen (secondary N) is 2. The minimum atomic E-state index is -0.184. The van der Waals surface area contributed by atoms with Crippen molar-refractivity contribution in [2.45, 2.75) is 26.3 Å². The minimum absolute atomic E-state index is 0.184. The van der Waals surface area contributed by atoms with Crippen LogP contribution >= 0.6 is 0 Å². The maximum atomic E-state index is 12.5. The second-order valence-electron chi connectivity index (χ2n) is 7.70. The zero-order valence-corrected chi connectivity index (χ0v) is 16.6. The Morgan fingerprint density at radius 2 is 1.90 bits per heavy atom. The van der Waals surface area contributed by atoms with Crippen LogP contribution in [-0.2, 0) is 6.54 Å². The molecule has 0 aliphatic heterocycles. The number of aromatic nitrogens is 1. The van der Waals surface area contributed by atoms with Crippen molar-refractivity contribution in [2.75, 3.05) is 17.6 Å². The van der Waals surface area contributed by atoms with Crippen molar-refractivity contribution in [1.82, 2.24) is 10.3 Å². The average Bonchev–Trinajstić information content (AvgIpc) is 3.54. The van der Waals surface area contributed by atoms with E-state index in [0.29, 0.717) is 16.9 Å². The molecule has 29 heavy (non-hydrogen) atoms. The first-order valence-corrected chi connectivity index (χ1v) is 10.0. The second-order valence-corrected chi connectivity index (χ2v) is 7.70. The molecule has 1 aliphatic carbocycles. The number of benzene rings is 2. The SMILES string of the molecule is Cc1cc(CNCC2CC2)cnc1-c1ccc(C(=O)Nc2ccccc2N)cc1. The van der Waals surface area contributed by atoms with E-state index in [1.165, 1.54) is 18.4 Å². The highest BCUT2D eigenvalue weighted by Gasteiger charge is 2.20. The standard InChI is InChI=1S/C24H26N4O/c1-16-12-18(14-26-13-17-6-7-17)15-27-23(16)19-8-10-20(11-9-19)24(29)28-22-5-3-2-4-21(22)25/h2-5,8-12,15,17,26H,6-7,13-14,25H2,1H3,(H,28,29). The Morgan fingerprint density at radius 3 is 2.59 bits per heavy atom. The lowest BCUT2D eigenvalue weighted by Gasteiger charge is -2.10. The smallest absolute Gasteiger partial charge is 0.255 e. The second kappa shape index (κ2) is 8.45. The van der Waals surface area contributed by atoms with Gasteiger partial charge in [-0.15, -0.1) is 0 Å². The first-order chi connectivity index (χ1) is 14.1. The Morgan fingerprint density at radius 1 is 1.14 bits per heavy atom. The normalized spacial score (nSPS) is 13.3. The number of carbonyl (C=O) groups excluding carboxylic acids is 1. The molecule has 1 amide bonds. The van der Waals surface area contributed by atoms with E-state index in [-0.39, 0.29) is 5.91 Å². The molecule has 1 aromatic heterocycles. The van der Waals surface area contributed by atoms with Crippen molar-refractivity contribution >= 4 is 17.3 Å². The number of para-hydroxylation sites is 2. The Labute approximate surface area is 171 Å². The van der Waals surface area contributed by atoms with Gasteiger partial charge < -0.3 is 16.4 Å². The molecule has 0 radical (unpaired) electrons. The fourth-order valence-corrected chi connectivity index (χ4v) is 3.36. The Bertz CT molecular complexity index is 1010. The van der Waals surface area contributed by atoms with Crippen LogP contribution in [0.1, 0.15) is 34.3 Å². The number of aryl methyl sites for hydroxylation is 1. The molecular weight excluding hydrogens is 360 g/mol. The van der Waals surface area contributed by atoms with Crippen LogP contribution in [0.5, 0.6) is 0 Å². The van der Waals surface area contributed by atoms with Crippen LogP contribution in [-0.4, -0.2) is 17.4 Å². The third kappa shape index (κ3) is 4.81. The lowest BCUT2D eigenvalue weighted by molar-refractivity contribution is 0.102. The molecule has 3 aromatic rings. The first-order valence-electron chi connectivity index (χ1n) is 10.0. The number of nitrogens with zero attached hydrogens (tertiary/aromatic N) is 1. The molecule has 1 fully saturated rings. The molecule has 1 aliphatic rings. The van der Waals surface area contributed by atoms with E-state index in [2.05, 4.69) is 28.6 Å². The van der Waals surface area contributed by atoms with Gasteiger partial charge in [0.15, 0.2) is 0 Å². The van der Waals surface area contributed by atoms with Crippen LogP contribution in [0.25, 0.3) is 11.3 Å². The lowest BCUT2D eigenvalue weighted by atomic mass is 10.0. The molecule has 0 bridgehead atoms. The number of carbonyl (C=O) groups is 1. The third-order valence-electron chi connectivity index (χ3n) is 5.22. The molecule has 5 nitrogen and oxygen atoms in total. The molecule has 0 atom stereocenters. The Hall–Kier alpha value is -3.18. The molecule has 1 saturated carbocycles. The van der Waals surface area contributed by atoms with Gasteiger partial charge >= 0.3 is 0 Å². The van der Waals surface area contributed by atoms with Gasteiger partial charge in [-0.25, -0.2) is 0 Å². The van der Waals surface area contributed by atoms with Crippen molar-refractivity contribution in [3.05, 3.63) is 77.5 Å². The largest absolute Gasteiger partial charge is 0.397 e. The van der Waals surface area contributed by atoms with E-state index in [4.69, 9.17) is 5.73 Å². The van der Waals surface area contributed by atoms with Crippen molar-refractivity contribution < 1.29 is 4.79 Å². The first kappa shape index (κ1) is 19.2. The van der Waals surface area contributed by atoms with E-state index in [0.717, 1.165) is 35.8 Å². The van der Waals surface area contributed by atoms with Gasteiger partial charge in [0.25, 0.3) is 5.91 Å². The Balaban J connectivity index is 1.42. The molecular formula is C24H26N4O. The van der Waals surface area contributed by atoms with Gasteiger partial charge in [0.2, 0.25) is 0 Å². The lowest BCUT2D eigenvalue weighted by Crippen LogP contribution is -2.16. The molecule has 0 unspecified atom stereocenters. The van der Waals surface area contributed by atoms with Gasteiger partial charge in [-0.3, -0.25) is 9.78 Å². The van der Waals surface area contributed by atoms with E-state index >= 15 is 0 Å². The molecule has 0 spiro atoms. The van der Waals surface area contributed by atoms with Gasteiger partial charge in [0.05, 0.1) is 17.1 Å². The fourth-order valence-electron chi connectivity index (χ4n) is 3.36. The monoisotopic (exact) mass is 386 g/mol. The zero-order chi connectivity index (χ0) is 20.2. The Kier molecular flexibility index (Phi) is 5.58. The summed E-state index contributed by atoms with van der Waals surface area (Å²) >= 11 is 0. The van der Waals surface area contributed by atoms with Crippen LogP contribution in [0.3, 0.4) is 0 Å². The van der Waals surface area contributed by atoms with E-state index in [1.807, 2.05) is 42.6 Å². The molecule has 1 heterocycles. The van der Waals surface area contributed by atoms with Crippen molar-refractivity contribution in [3.8, 4) is 11.3 Å². The van der Waals surface area contributed by atoms with Crippen LogP contribution in [0.2, 0.25) is 0 Å². The van der Waals surface area contributed by atoms with Crippen LogP contribution in [0, 0.1) is 12.8 Å². The number of hydrogen-bond donors (Lipinski definition) is 3. The quantitative estimate of drug-likeness (QED) is 0.526. The average molecular weight is 386 g/mol. The number of nitrogen functional groups attached to an aromatic ring is 1. The summed E-state index contributed by atoms with van der Waals surface area (Å²) in [7, 11) is 0.